The van der Waals surface area contributed by atoms with Gasteiger partial charge in [0.1, 0.15) is 6.04 Å². The highest BCUT2D eigenvalue weighted by Gasteiger charge is 2.39. The third kappa shape index (κ3) is 4.96. The number of imide groups is 1. The molecule has 1 atom stereocenters. The lowest BCUT2D eigenvalue weighted by atomic mass is 10.0. The van der Waals surface area contributed by atoms with Crippen LogP contribution in [0.1, 0.15) is 52.0 Å². The van der Waals surface area contributed by atoms with Crippen LogP contribution < -0.4 is 15.1 Å². The molecule has 0 spiro atoms. The van der Waals surface area contributed by atoms with Gasteiger partial charge in [-0.25, -0.2) is 0 Å². The van der Waals surface area contributed by atoms with Crippen LogP contribution in [0.3, 0.4) is 0 Å². The van der Waals surface area contributed by atoms with Crippen molar-refractivity contribution in [3.8, 4) is 0 Å². The quantitative estimate of drug-likeness (QED) is 0.573. The third-order valence-corrected chi connectivity index (χ3v) is 8.38. The summed E-state index contributed by atoms with van der Waals surface area (Å²) in [5.74, 6) is -0.821. The average Bonchev–Trinajstić information content (AvgIpc) is 3.28. The molecule has 0 radical (unpaired) electrons. The summed E-state index contributed by atoms with van der Waals surface area (Å²) in [5, 5.41) is 12.0. The number of carbonyl (C=O) groups excluding carboxylic acids is 4. The summed E-state index contributed by atoms with van der Waals surface area (Å²) in [4.78, 5) is 57.6. The summed E-state index contributed by atoms with van der Waals surface area (Å²) >= 11 is 0. The molecule has 4 aliphatic rings. The topological polar surface area (TPSA) is 114 Å². The molecule has 0 bridgehead atoms. The number of aliphatic hydroxyl groups excluding tert-OH is 1. The number of anilines is 2. The summed E-state index contributed by atoms with van der Waals surface area (Å²) in [6.07, 6.45) is 1.56. The Bertz CT molecular complexity index is 1300. The molecule has 4 heterocycles. The molecule has 1 unspecified atom stereocenters. The Balaban J connectivity index is 1.06. The van der Waals surface area contributed by atoms with E-state index in [9.17, 15) is 24.3 Å². The van der Waals surface area contributed by atoms with Crippen LogP contribution in [0.15, 0.2) is 42.5 Å². The maximum atomic E-state index is 13.0. The molecule has 6 rings (SSSR count). The second-order valence-corrected chi connectivity index (χ2v) is 10.8. The van der Waals surface area contributed by atoms with Crippen LogP contribution in [-0.4, -0.2) is 89.9 Å². The summed E-state index contributed by atoms with van der Waals surface area (Å²) in [5.41, 5.74) is 4.34. The molecule has 4 amide bonds. The number of carbonyl (C=O) groups is 4. The number of fused-ring (bicyclic) bond motifs is 1. The zero-order valence-corrected chi connectivity index (χ0v) is 21.8. The monoisotopic (exact) mass is 531 g/mol. The van der Waals surface area contributed by atoms with Crippen molar-refractivity contribution in [3.05, 3.63) is 59.2 Å². The van der Waals surface area contributed by atoms with Crippen molar-refractivity contribution in [2.45, 2.75) is 44.4 Å². The highest BCUT2D eigenvalue weighted by Crippen LogP contribution is 2.31. The number of hydrogen-bond acceptors (Lipinski definition) is 7. The lowest BCUT2D eigenvalue weighted by Gasteiger charge is -2.37. The minimum absolute atomic E-state index is 0.0181. The molecule has 3 saturated heterocycles. The zero-order valence-electron chi connectivity index (χ0n) is 21.8. The van der Waals surface area contributed by atoms with Crippen LogP contribution in [0.5, 0.6) is 0 Å². The van der Waals surface area contributed by atoms with Crippen LogP contribution in [0, 0.1) is 0 Å². The first-order valence-electron chi connectivity index (χ1n) is 13.7. The van der Waals surface area contributed by atoms with E-state index in [-0.39, 0.29) is 30.2 Å². The predicted molar refractivity (Wildman–Crippen MR) is 144 cm³/mol. The largest absolute Gasteiger partial charge is 0.393 e. The minimum Gasteiger partial charge on any atom is -0.393 e. The van der Waals surface area contributed by atoms with E-state index in [1.807, 2.05) is 41.3 Å². The van der Waals surface area contributed by atoms with Gasteiger partial charge in [-0.05, 0) is 67.3 Å². The first-order valence-corrected chi connectivity index (χ1v) is 13.7. The van der Waals surface area contributed by atoms with Gasteiger partial charge in [-0.2, -0.15) is 0 Å². The molecule has 3 fully saturated rings. The number of likely N-dealkylation sites (tertiary alicyclic amines) is 1. The van der Waals surface area contributed by atoms with Gasteiger partial charge in [0.2, 0.25) is 11.8 Å². The maximum absolute atomic E-state index is 13.0. The molecule has 2 aromatic rings. The normalized spacial score (nSPS) is 22.3. The zero-order chi connectivity index (χ0) is 27.1. The van der Waals surface area contributed by atoms with Gasteiger partial charge in [-0.3, -0.25) is 24.5 Å². The molecule has 0 saturated carbocycles. The fourth-order valence-electron chi connectivity index (χ4n) is 6.05. The number of amides is 4. The van der Waals surface area contributed by atoms with E-state index in [1.165, 1.54) is 0 Å². The van der Waals surface area contributed by atoms with E-state index in [2.05, 4.69) is 21.2 Å². The van der Waals surface area contributed by atoms with Crippen LogP contribution >= 0.6 is 0 Å². The lowest BCUT2D eigenvalue weighted by molar-refractivity contribution is -0.136. The molecule has 4 aliphatic heterocycles. The summed E-state index contributed by atoms with van der Waals surface area (Å²) in [7, 11) is 0. The van der Waals surface area contributed by atoms with Gasteiger partial charge in [-0.1, -0.05) is 0 Å². The van der Waals surface area contributed by atoms with Gasteiger partial charge in [0.05, 0.1) is 6.10 Å². The van der Waals surface area contributed by atoms with E-state index in [4.69, 9.17) is 0 Å². The number of benzene rings is 2. The van der Waals surface area contributed by atoms with Gasteiger partial charge in [0.15, 0.2) is 0 Å². The fraction of sp³-hybridized carbons (Fsp3) is 0.448. The molecule has 39 heavy (non-hydrogen) atoms. The van der Waals surface area contributed by atoms with Crippen molar-refractivity contribution >= 4 is 35.0 Å². The molecular formula is C29H33N5O5. The number of hydrogen-bond donors (Lipinski definition) is 2. The number of rotatable bonds is 4. The van der Waals surface area contributed by atoms with Gasteiger partial charge in [-0.15, -0.1) is 0 Å². The molecule has 2 N–H and O–H groups in total. The maximum Gasteiger partial charge on any atom is 0.255 e. The molecule has 0 aromatic heterocycles. The molecule has 204 valence electrons. The SMILES string of the molecule is O=C1CCC(N2Cc3cc(N4CCN(c5ccc(C(=O)N6CCC(O)CC6)cc5)CC4)ccc3C2=O)C(=O)N1. The average molecular weight is 532 g/mol. The number of piperidine rings is 2. The Labute approximate surface area is 227 Å². The first kappa shape index (κ1) is 25.4. The van der Waals surface area contributed by atoms with Crippen molar-refractivity contribution in [1.29, 1.82) is 0 Å². The Morgan fingerprint density at radius 2 is 1.46 bits per heavy atom. The molecular weight excluding hydrogens is 498 g/mol. The van der Waals surface area contributed by atoms with E-state index >= 15 is 0 Å². The number of nitrogens with one attached hydrogen (secondary N) is 1. The Morgan fingerprint density at radius 1 is 0.821 bits per heavy atom. The van der Waals surface area contributed by atoms with Crippen LogP contribution in [0.25, 0.3) is 0 Å². The molecule has 2 aromatic carbocycles. The summed E-state index contributed by atoms with van der Waals surface area (Å²) < 4.78 is 0. The summed E-state index contributed by atoms with van der Waals surface area (Å²) in [6.45, 7) is 4.86. The minimum atomic E-state index is -0.607. The van der Waals surface area contributed by atoms with Crippen LogP contribution in [0.2, 0.25) is 0 Å². The highest BCUT2D eigenvalue weighted by molar-refractivity contribution is 6.05. The number of aliphatic hydroxyl groups is 1. The van der Waals surface area contributed by atoms with Crippen molar-refractivity contribution < 1.29 is 24.3 Å². The first-order chi connectivity index (χ1) is 18.9. The molecule has 0 aliphatic carbocycles. The third-order valence-electron chi connectivity index (χ3n) is 8.38. The molecule has 10 nitrogen and oxygen atoms in total. The van der Waals surface area contributed by atoms with Gasteiger partial charge in [0.25, 0.3) is 11.8 Å². The van der Waals surface area contributed by atoms with E-state index in [0.29, 0.717) is 50.0 Å². The standard InChI is InChI=1S/C29H33N5O5/c35-23-9-11-33(12-10-23)28(38)19-1-3-21(4-2-19)31-13-15-32(16-14-31)22-5-6-24-20(17-22)18-34(29(24)39)25-7-8-26(36)30-27(25)37/h1-6,17,23,25,35H,7-16,18H2,(H,30,36,37). The van der Waals surface area contributed by atoms with E-state index < -0.39 is 11.9 Å². The van der Waals surface area contributed by atoms with Crippen molar-refractivity contribution in [2.75, 3.05) is 49.1 Å². The van der Waals surface area contributed by atoms with Crippen molar-refractivity contribution in [2.24, 2.45) is 0 Å². The van der Waals surface area contributed by atoms with E-state index in [1.54, 1.807) is 4.90 Å². The fourth-order valence-corrected chi connectivity index (χ4v) is 6.05. The molecule has 10 heteroatoms. The van der Waals surface area contributed by atoms with Crippen LogP contribution in [0.4, 0.5) is 11.4 Å². The number of nitrogens with zero attached hydrogens (tertiary/aromatic N) is 4. The smallest absolute Gasteiger partial charge is 0.255 e. The lowest BCUT2D eigenvalue weighted by Crippen LogP contribution is -2.52. The second kappa shape index (κ2) is 10.3. The van der Waals surface area contributed by atoms with Gasteiger partial charge in [0, 0.05) is 74.7 Å². The second-order valence-electron chi connectivity index (χ2n) is 10.8. The van der Waals surface area contributed by atoms with Gasteiger partial charge < -0.3 is 24.7 Å². The Morgan fingerprint density at radius 3 is 2.13 bits per heavy atom. The van der Waals surface area contributed by atoms with Gasteiger partial charge >= 0.3 is 0 Å². The van der Waals surface area contributed by atoms with E-state index in [0.717, 1.165) is 43.1 Å². The van der Waals surface area contributed by atoms with Crippen molar-refractivity contribution in [3.63, 3.8) is 0 Å². The highest BCUT2D eigenvalue weighted by atomic mass is 16.3. The predicted octanol–water partition coefficient (Wildman–Crippen LogP) is 1.37. The Hall–Kier alpha value is -3.92. The number of piperazine rings is 1. The Kier molecular flexibility index (Phi) is 6.72. The van der Waals surface area contributed by atoms with Crippen LogP contribution in [-0.2, 0) is 16.1 Å². The van der Waals surface area contributed by atoms with Crippen molar-refractivity contribution in [1.82, 2.24) is 15.1 Å². The summed E-state index contributed by atoms with van der Waals surface area (Å²) in [6, 6.07) is 13.1.